The lowest BCUT2D eigenvalue weighted by atomic mass is 9.96. The molecule has 6 nitrogen and oxygen atoms in total. The highest BCUT2D eigenvalue weighted by Gasteiger charge is 2.20. The van der Waals surface area contributed by atoms with Crippen molar-refractivity contribution in [2.45, 2.75) is 45.4 Å². The van der Waals surface area contributed by atoms with Crippen molar-refractivity contribution in [3.05, 3.63) is 46.3 Å². The van der Waals surface area contributed by atoms with Gasteiger partial charge in [-0.15, -0.1) is 0 Å². The van der Waals surface area contributed by atoms with Crippen LogP contribution >= 0.6 is 0 Å². The molecule has 0 fully saturated rings. The first kappa shape index (κ1) is 15.2. The molecule has 2 heterocycles. The van der Waals surface area contributed by atoms with Crippen molar-refractivity contribution in [2.75, 3.05) is 12.4 Å². The Kier molecular flexibility index (Phi) is 3.98. The van der Waals surface area contributed by atoms with Crippen molar-refractivity contribution in [1.82, 2.24) is 15.1 Å². The number of amides is 2. The second-order valence-corrected chi connectivity index (χ2v) is 6.60. The zero-order valence-corrected chi connectivity index (χ0v) is 13.9. The van der Waals surface area contributed by atoms with Gasteiger partial charge in [0.1, 0.15) is 0 Å². The third kappa shape index (κ3) is 2.89. The highest BCUT2D eigenvalue weighted by Crippen LogP contribution is 2.24. The molecule has 126 valence electrons. The number of anilines is 1. The number of nitrogens with zero attached hydrogens (tertiary/aromatic N) is 2. The summed E-state index contributed by atoms with van der Waals surface area (Å²) in [7, 11) is 1.80. The van der Waals surface area contributed by atoms with Gasteiger partial charge in [0.2, 0.25) is 0 Å². The molecular weight excluding hydrogens is 304 g/mol. The monoisotopic (exact) mass is 326 g/mol. The van der Waals surface area contributed by atoms with Crippen LogP contribution in [0.15, 0.2) is 18.2 Å². The zero-order chi connectivity index (χ0) is 16.5. The van der Waals surface area contributed by atoms with E-state index in [1.54, 1.807) is 11.9 Å². The first-order valence-electron chi connectivity index (χ1n) is 8.47. The summed E-state index contributed by atoms with van der Waals surface area (Å²) in [4.78, 5) is 14.1. The molecule has 0 saturated heterocycles. The van der Waals surface area contributed by atoms with Crippen molar-refractivity contribution in [1.29, 1.82) is 0 Å². The number of urea groups is 1. The molecule has 2 N–H and O–H groups in total. The average Bonchev–Trinajstić information content (AvgIpc) is 3.21. The maximum atomic E-state index is 12.5. The molecule has 1 aromatic heterocycles. The number of nitrogens with one attached hydrogen (secondary N) is 2. The van der Waals surface area contributed by atoms with Crippen LogP contribution in [-0.4, -0.2) is 28.2 Å². The molecule has 2 aromatic rings. The molecule has 0 radical (unpaired) electrons. The lowest BCUT2D eigenvalue weighted by molar-refractivity contribution is 0.134. The van der Waals surface area contributed by atoms with E-state index in [0.29, 0.717) is 19.8 Å². The molecule has 6 heteroatoms. The molecule has 1 aliphatic carbocycles. The molecule has 0 saturated carbocycles. The van der Waals surface area contributed by atoms with E-state index in [4.69, 9.17) is 4.74 Å². The van der Waals surface area contributed by atoms with Gasteiger partial charge in [-0.05, 0) is 54.5 Å². The average molecular weight is 326 g/mol. The first-order chi connectivity index (χ1) is 11.7. The van der Waals surface area contributed by atoms with Crippen molar-refractivity contribution in [2.24, 2.45) is 0 Å². The van der Waals surface area contributed by atoms with E-state index in [-0.39, 0.29) is 6.03 Å². The molecule has 0 atom stereocenters. The predicted octanol–water partition coefficient (Wildman–Crippen LogP) is 2.98. The van der Waals surface area contributed by atoms with Crippen molar-refractivity contribution >= 4 is 11.7 Å². The zero-order valence-electron chi connectivity index (χ0n) is 13.9. The molecule has 0 unspecified atom stereocenters. The van der Waals surface area contributed by atoms with Crippen molar-refractivity contribution in [3.63, 3.8) is 0 Å². The Hall–Kier alpha value is -2.34. The maximum absolute atomic E-state index is 12.5. The van der Waals surface area contributed by atoms with Gasteiger partial charge in [-0.3, -0.25) is 5.10 Å². The van der Waals surface area contributed by atoms with Crippen LogP contribution in [0.3, 0.4) is 0 Å². The minimum atomic E-state index is -0.124. The van der Waals surface area contributed by atoms with Crippen LogP contribution in [0.25, 0.3) is 0 Å². The quantitative estimate of drug-likeness (QED) is 0.911. The lowest BCUT2D eigenvalue weighted by Gasteiger charge is -2.19. The van der Waals surface area contributed by atoms with E-state index in [1.165, 1.54) is 29.7 Å². The van der Waals surface area contributed by atoms with Gasteiger partial charge in [0, 0.05) is 18.4 Å². The minimum absolute atomic E-state index is 0.124. The van der Waals surface area contributed by atoms with Gasteiger partial charge in [0.15, 0.2) is 0 Å². The molecule has 0 spiro atoms. The smallest absolute Gasteiger partial charge is 0.321 e. The third-order valence-electron chi connectivity index (χ3n) is 4.85. The summed E-state index contributed by atoms with van der Waals surface area (Å²) >= 11 is 0. The van der Waals surface area contributed by atoms with Crippen LogP contribution in [0.4, 0.5) is 10.5 Å². The summed E-state index contributed by atoms with van der Waals surface area (Å²) in [6, 6.07) is 5.81. The Morgan fingerprint density at radius 3 is 3.04 bits per heavy atom. The lowest BCUT2D eigenvalue weighted by Crippen LogP contribution is -2.31. The number of carbonyl (C=O) groups is 1. The normalized spacial score (nSPS) is 15.7. The van der Waals surface area contributed by atoms with Crippen LogP contribution in [0.5, 0.6) is 0 Å². The SMILES string of the molecule is CN(Cc1n[nH]c2c1CCCC2)C(=O)Nc1ccc2c(c1)COC2. The molecule has 1 aliphatic heterocycles. The Balaban J connectivity index is 1.42. The van der Waals surface area contributed by atoms with E-state index >= 15 is 0 Å². The number of H-pyrrole nitrogens is 1. The standard InChI is InChI=1S/C18H22N4O2/c1-22(9-17-15-4-2-3-5-16(15)20-21-17)18(23)19-14-7-6-12-10-24-11-13(12)8-14/h6-8H,2-5,9-11H2,1H3,(H,19,23)(H,20,21). The highest BCUT2D eigenvalue weighted by atomic mass is 16.5. The highest BCUT2D eigenvalue weighted by molar-refractivity contribution is 5.89. The number of rotatable bonds is 3. The molecule has 2 amide bonds. The number of aromatic nitrogens is 2. The van der Waals surface area contributed by atoms with Gasteiger partial charge in [-0.25, -0.2) is 4.79 Å². The Bertz CT molecular complexity index is 768. The van der Waals surface area contributed by atoms with Gasteiger partial charge in [-0.2, -0.15) is 5.10 Å². The number of ether oxygens (including phenoxy) is 1. The van der Waals surface area contributed by atoms with Crippen LogP contribution < -0.4 is 5.32 Å². The topological polar surface area (TPSA) is 70.2 Å². The van der Waals surface area contributed by atoms with Crippen molar-refractivity contribution < 1.29 is 9.53 Å². The summed E-state index contributed by atoms with van der Waals surface area (Å²) in [6.07, 6.45) is 4.54. The molecular formula is C18H22N4O2. The summed E-state index contributed by atoms with van der Waals surface area (Å²) in [5, 5.41) is 10.5. The van der Waals surface area contributed by atoms with Crippen LogP contribution in [0, 0.1) is 0 Å². The van der Waals surface area contributed by atoms with E-state index in [0.717, 1.165) is 29.8 Å². The first-order valence-corrected chi connectivity index (χ1v) is 8.47. The van der Waals surface area contributed by atoms with Gasteiger partial charge in [-0.1, -0.05) is 6.07 Å². The van der Waals surface area contributed by atoms with Gasteiger partial charge >= 0.3 is 6.03 Å². The number of carbonyl (C=O) groups excluding carboxylic acids is 1. The summed E-state index contributed by atoms with van der Waals surface area (Å²) in [5.74, 6) is 0. The molecule has 1 aromatic carbocycles. The Morgan fingerprint density at radius 2 is 2.12 bits per heavy atom. The minimum Gasteiger partial charge on any atom is -0.372 e. The van der Waals surface area contributed by atoms with E-state index in [2.05, 4.69) is 15.5 Å². The summed E-state index contributed by atoms with van der Waals surface area (Å²) < 4.78 is 5.41. The summed E-state index contributed by atoms with van der Waals surface area (Å²) in [5.41, 5.74) is 6.69. The fourth-order valence-corrected chi connectivity index (χ4v) is 3.45. The second-order valence-electron chi connectivity index (χ2n) is 6.60. The number of hydrogen-bond donors (Lipinski definition) is 2. The van der Waals surface area contributed by atoms with Crippen LogP contribution in [0.2, 0.25) is 0 Å². The van der Waals surface area contributed by atoms with E-state index in [9.17, 15) is 4.79 Å². The number of aryl methyl sites for hydroxylation is 1. The maximum Gasteiger partial charge on any atom is 0.321 e. The molecule has 4 rings (SSSR count). The summed E-state index contributed by atoms with van der Waals surface area (Å²) in [6.45, 7) is 1.80. The third-order valence-corrected chi connectivity index (χ3v) is 4.85. The Labute approximate surface area is 141 Å². The second kappa shape index (κ2) is 6.28. The van der Waals surface area contributed by atoms with Crippen LogP contribution in [0.1, 0.15) is 40.9 Å². The number of aromatic amines is 1. The fraction of sp³-hybridized carbons (Fsp3) is 0.444. The van der Waals surface area contributed by atoms with Crippen LogP contribution in [-0.2, 0) is 37.3 Å². The fourth-order valence-electron chi connectivity index (χ4n) is 3.45. The molecule has 0 bridgehead atoms. The van der Waals surface area contributed by atoms with Gasteiger partial charge in [0.25, 0.3) is 0 Å². The van der Waals surface area contributed by atoms with Gasteiger partial charge < -0.3 is 15.0 Å². The number of hydrogen-bond acceptors (Lipinski definition) is 3. The largest absolute Gasteiger partial charge is 0.372 e. The van der Waals surface area contributed by atoms with E-state index < -0.39 is 0 Å². The van der Waals surface area contributed by atoms with Gasteiger partial charge in [0.05, 0.1) is 25.5 Å². The Morgan fingerprint density at radius 1 is 1.29 bits per heavy atom. The molecule has 24 heavy (non-hydrogen) atoms. The van der Waals surface area contributed by atoms with Crippen molar-refractivity contribution in [3.8, 4) is 0 Å². The number of benzene rings is 1. The number of fused-ring (bicyclic) bond motifs is 2. The van der Waals surface area contributed by atoms with E-state index in [1.807, 2.05) is 18.2 Å². The molecule has 2 aliphatic rings. The predicted molar refractivity (Wildman–Crippen MR) is 90.7 cm³/mol.